The van der Waals surface area contributed by atoms with Crippen LogP contribution in [0.5, 0.6) is 5.75 Å². The highest BCUT2D eigenvalue weighted by Gasteiger charge is 2.38. The molecule has 2 atom stereocenters. The van der Waals surface area contributed by atoms with Crippen molar-refractivity contribution >= 4 is 21.8 Å². The summed E-state index contributed by atoms with van der Waals surface area (Å²) in [6.07, 6.45) is -0.772. The fraction of sp³-hybridized carbons (Fsp3) is 0.235. The van der Waals surface area contributed by atoms with E-state index in [1.165, 1.54) is 6.07 Å². The van der Waals surface area contributed by atoms with Crippen LogP contribution >= 0.6 is 15.9 Å². The fourth-order valence-electron chi connectivity index (χ4n) is 2.81. The molecule has 0 aromatic heterocycles. The van der Waals surface area contributed by atoms with Gasteiger partial charge in [-0.2, -0.15) is 0 Å². The third-order valence-electron chi connectivity index (χ3n) is 3.73. The Bertz CT molecular complexity index is 798. The first kappa shape index (κ1) is 11.7. The number of halogens is 2. The van der Waals surface area contributed by atoms with Crippen LogP contribution in [-0.2, 0) is 0 Å². The lowest BCUT2D eigenvalue weighted by atomic mass is 9.88. The zero-order chi connectivity index (χ0) is 18.2. The fourth-order valence-corrected chi connectivity index (χ4v) is 3.28. The van der Waals surface area contributed by atoms with Gasteiger partial charge >= 0.3 is 0 Å². The molecule has 5 heteroatoms. The molecule has 1 N–H and O–H groups in total. The summed E-state index contributed by atoms with van der Waals surface area (Å²) in [4.78, 5) is 12.3. The topological polar surface area (TPSA) is 38.3 Å². The number of hydrogen-bond acceptors (Lipinski definition) is 2. The first-order chi connectivity index (χ1) is 11.8. The molecule has 0 spiro atoms. The molecule has 2 unspecified atom stereocenters. The van der Waals surface area contributed by atoms with Crippen LogP contribution in [0.2, 0.25) is 0 Å². The highest BCUT2D eigenvalue weighted by molar-refractivity contribution is 9.10. The van der Waals surface area contributed by atoms with Gasteiger partial charge in [0.2, 0.25) is 0 Å². The number of benzene rings is 2. The van der Waals surface area contributed by atoms with E-state index in [-0.39, 0.29) is 17.2 Å². The average molecular weight is 367 g/mol. The summed E-state index contributed by atoms with van der Waals surface area (Å²) in [5, 5.41) is 1.95. The summed E-state index contributed by atoms with van der Waals surface area (Å²) in [5.74, 6) is -0.941. The van der Waals surface area contributed by atoms with Crippen molar-refractivity contribution in [1.82, 2.24) is 5.32 Å². The van der Waals surface area contributed by atoms with Gasteiger partial charge in [-0.05, 0) is 17.7 Å². The van der Waals surface area contributed by atoms with Crippen molar-refractivity contribution in [2.45, 2.75) is 12.0 Å². The number of ether oxygens (including phenoxy) is 1. The molecule has 2 aromatic carbocycles. The quantitative estimate of drug-likeness (QED) is 0.899. The van der Waals surface area contributed by atoms with E-state index in [1.54, 1.807) is 6.07 Å². The van der Waals surface area contributed by atoms with E-state index < -0.39 is 25.7 Å². The van der Waals surface area contributed by atoms with Gasteiger partial charge in [-0.25, -0.2) is 4.39 Å². The number of carbonyl (C=O) groups excluding carboxylic acids is 1. The second-order valence-electron chi connectivity index (χ2n) is 5.02. The van der Waals surface area contributed by atoms with Gasteiger partial charge in [-0.15, -0.1) is 0 Å². The van der Waals surface area contributed by atoms with Crippen LogP contribution in [0.3, 0.4) is 0 Å². The van der Waals surface area contributed by atoms with Crippen LogP contribution in [-0.4, -0.2) is 25.7 Å². The molecule has 3 nitrogen and oxygen atoms in total. The first-order valence-electron chi connectivity index (χ1n) is 8.23. The Kier molecular flexibility index (Phi) is 3.22. The van der Waals surface area contributed by atoms with E-state index in [0.29, 0.717) is 10.0 Å². The summed E-state index contributed by atoms with van der Waals surface area (Å²) in [7, 11) is 0. The summed E-state index contributed by atoms with van der Waals surface area (Å²) in [5.41, 5.74) is 1.58. The molecule has 22 heavy (non-hydrogen) atoms. The summed E-state index contributed by atoms with van der Waals surface area (Å²) in [6.45, 7) is -3.35. The molecule has 3 rings (SSSR count). The maximum absolute atomic E-state index is 13.6. The van der Waals surface area contributed by atoms with E-state index >= 15 is 0 Å². The average Bonchev–Trinajstić information content (AvgIpc) is 2.91. The number of alkyl halides is 1. The Balaban J connectivity index is 2.09. The largest absolute Gasteiger partial charge is 0.486 e. The molecule has 0 saturated heterocycles. The maximum atomic E-state index is 13.6. The van der Waals surface area contributed by atoms with Gasteiger partial charge < -0.3 is 10.1 Å². The van der Waals surface area contributed by atoms with E-state index in [0.717, 1.165) is 5.56 Å². The van der Waals surface area contributed by atoms with Crippen molar-refractivity contribution in [3.8, 4) is 5.75 Å². The van der Waals surface area contributed by atoms with Gasteiger partial charge in [-0.3, -0.25) is 4.79 Å². The van der Waals surface area contributed by atoms with E-state index in [9.17, 15) is 9.18 Å². The minimum absolute atomic E-state index is 0.0670. The second kappa shape index (κ2) is 6.08. The van der Waals surface area contributed by atoms with E-state index in [2.05, 4.69) is 15.9 Å². The van der Waals surface area contributed by atoms with Gasteiger partial charge in [0.1, 0.15) is 18.5 Å². The van der Waals surface area contributed by atoms with E-state index in [1.807, 2.05) is 35.6 Å². The molecular formula is C17H15BrFNO2. The van der Waals surface area contributed by atoms with Crippen molar-refractivity contribution in [3.05, 3.63) is 63.6 Å². The molecule has 0 bridgehead atoms. The molecule has 2 aromatic rings. The molecule has 0 aliphatic carbocycles. The molecule has 1 aliphatic heterocycles. The van der Waals surface area contributed by atoms with Crippen LogP contribution in [0.15, 0.2) is 46.9 Å². The molecule has 1 aliphatic rings. The Labute approximate surface area is 140 Å². The highest BCUT2D eigenvalue weighted by Crippen LogP contribution is 2.45. The minimum Gasteiger partial charge on any atom is -0.486 e. The molecular weight excluding hydrogens is 349 g/mol. The number of carbonyl (C=O) groups is 1. The standard InChI is InChI=1S/C17H15BrFNO2/c1-20-17(21)13-8-11(18)7-12-15(10-5-3-2-4-6-10)14(9-19)22-16(12)13/h2-8,14-15H,9H2,1H3,(H,20,21)/i1D3. The van der Waals surface area contributed by atoms with E-state index in [4.69, 9.17) is 8.85 Å². The van der Waals surface area contributed by atoms with Crippen LogP contribution in [0.1, 0.15) is 31.5 Å². The monoisotopic (exact) mass is 366 g/mol. The molecule has 0 saturated carbocycles. The lowest BCUT2D eigenvalue weighted by molar-refractivity contribution is 0.0955. The predicted molar refractivity (Wildman–Crippen MR) is 86.2 cm³/mol. The smallest absolute Gasteiger partial charge is 0.254 e. The van der Waals surface area contributed by atoms with Gasteiger partial charge in [0, 0.05) is 21.1 Å². The number of amides is 1. The van der Waals surface area contributed by atoms with Gasteiger partial charge in [-0.1, -0.05) is 46.3 Å². The number of fused-ring (bicyclic) bond motifs is 1. The lowest BCUT2D eigenvalue weighted by Gasteiger charge is -2.16. The van der Waals surface area contributed by atoms with Crippen LogP contribution < -0.4 is 10.1 Å². The van der Waals surface area contributed by atoms with Gasteiger partial charge in [0.25, 0.3) is 5.91 Å². The highest BCUT2D eigenvalue weighted by atomic mass is 79.9. The maximum Gasteiger partial charge on any atom is 0.254 e. The van der Waals surface area contributed by atoms with Crippen LogP contribution in [0, 0.1) is 0 Å². The second-order valence-corrected chi connectivity index (χ2v) is 5.94. The number of hydrogen-bond donors (Lipinski definition) is 1. The zero-order valence-electron chi connectivity index (χ0n) is 14.5. The Morgan fingerprint density at radius 1 is 1.41 bits per heavy atom. The van der Waals surface area contributed by atoms with Crippen molar-refractivity contribution in [3.63, 3.8) is 0 Å². The van der Waals surface area contributed by atoms with Gasteiger partial charge in [0.15, 0.2) is 0 Å². The lowest BCUT2D eigenvalue weighted by Crippen LogP contribution is -2.22. The minimum atomic E-state index is -2.62. The summed E-state index contributed by atoms with van der Waals surface area (Å²) in [6, 6.07) is 12.5. The zero-order valence-corrected chi connectivity index (χ0v) is 13.1. The third-order valence-corrected chi connectivity index (χ3v) is 4.19. The number of nitrogens with one attached hydrogen (secondary N) is 1. The number of rotatable bonds is 3. The van der Waals surface area contributed by atoms with Gasteiger partial charge in [0.05, 0.1) is 11.5 Å². The first-order valence-corrected chi connectivity index (χ1v) is 7.53. The van der Waals surface area contributed by atoms with Crippen molar-refractivity contribution in [2.24, 2.45) is 0 Å². The van der Waals surface area contributed by atoms with Crippen molar-refractivity contribution < 1.29 is 18.0 Å². The summed E-state index contributed by atoms with van der Waals surface area (Å²) < 4.78 is 41.5. The van der Waals surface area contributed by atoms with Crippen molar-refractivity contribution in [2.75, 3.05) is 13.7 Å². The third kappa shape index (κ3) is 2.50. The molecule has 1 heterocycles. The molecule has 0 fully saturated rings. The van der Waals surface area contributed by atoms with Crippen molar-refractivity contribution in [1.29, 1.82) is 0 Å². The molecule has 114 valence electrons. The molecule has 1 amide bonds. The normalized spacial score (nSPS) is 22.0. The SMILES string of the molecule is [2H]C([2H])([2H])NC(=O)c1cc(Br)cc2c1OC(CF)C2c1ccccc1. The van der Waals surface area contributed by atoms with Crippen LogP contribution in [0.25, 0.3) is 0 Å². The summed E-state index contributed by atoms with van der Waals surface area (Å²) >= 11 is 3.34. The predicted octanol–water partition coefficient (Wildman–Crippen LogP) is 3.67. The Morgan fingerprint density at radius 3 is 2.86 bits per heavy atom. The van der Waals surface area contributed by atoms with Crippen LogP contribution in [0.4, 0.5) is 4.39 Å². The Hall–Kier alpha value is -1.88. The Morgan fingerprint density at radius 2 is 2.18 bits per heavy atom. The molecule has 0 radical (unpaired) electrons.